The van der Waals surface area contributed by atoms with Crippen LogP contribution in [0.3, 0.4) is 0 Å². The van der Waals surface area contributed by atoms with Crippen molar-refractivity contribution in [2.24, 2.45) is 0 Å². The number of amides is 1. The molecule has 1 amide bonds. The van der Waals surface area contributed by atoms with Gasteiger partial charge < -0.3 is 4.90 Å². The molecule has 1 aromatic heterocycles. The highest BCUT2D eigenvalue weighted by Gasteiger charge is 2.38. The van der Waals surface area contributed by atoms with Crippen LogP contribution in [0.15, 0.2) is 95.8 Å². The van der Waals surface area contributed by atoms with Crippen molar-refractivity contribution in [1.29, 1.82) is 0 Å². The van der Waals surface area contributed by atoms with E-state index >= 15 is 0 Å². The van der Waals surface area contributed by atoms with Gasteiger partial charge in [-0.05, 0) is 79.9 Å². The van der Waals surface area contributed by atoms with Gasteiger partial charge >= 0.3 is 12.4 Å². The molecule has 0 N–H and O–H groups in total. The first kappa shape index (κ1) is 31.5. The molecule has 0 fully saturated rings. The number of hydrogen-bond acceptors (Lipinski definition) is 3. The van der Waals surface area contributed by atoms with E-state index in [2.05, 4.69) is 0 Å². The summed E-state index contributed by atoms with van der Waals surface area (Å²) in [6.45, 7) is 5.09. The Bertz CT molecular complexity index is 1920. The van der Waals surface area contributed by atoms with Crippen LogP contribution in [0.25, 0.3) is 16.6 Å². The molecule has 11 heteroatoms. The molecule has 0 saturated heterocycles. The number of rotatable bonds is 6. The minimum atomic E-state index is -5.14. The predicted octanol–water partition coefficient (Wildman–Crippen LogP) is 8.44. The highest BCUT2D eigenvalue weighted by molar-refractivity contribution is 5.95. The minimum Gasteiger partial charge on any atom is -0.324 e. The third-order valence-electron chi connectivity index (χ3n) is 7.68. The normalized spacial score (nSPS) is 12.7. The molecule has 0 aliphatic rings. The number of nitrogens with zero attached hydrogens (tertiary/aromatic N) is 3. The Morgan fingerprint density at radius 3 is 2.00 bits per heavy atom. The van der Waals surface area contributed by atoms with Crippen molar-refractivity contribution in [3.05, 3.63) is 141 Å². The standard InChI is InChI=1S/C34H27F6N3O2/c1-20-13-14-27(15-21(20)2)43-30(41-29-12-8-7-11-28(29)32(43)45)22(3)42(19-23-9-5-4-6-10-23)31(44)24-16-25(33(35,36)37)18-26(17-24)34(38,39)40/h4-18,22H,19H2,1-3H3. The Morgan fingerprint density at radius 2 is 1.40 bits per heavy atom. The first-order valence-electron chi connectivity index (χ1n) is 13.9. The second kappa shape index (κ2) is 11.9. The number of carbonyl (C=O) groups is 1. The maximum absolute atomic E-state index is 14.1. The van der Waals surface area contributed by atoms with Gasteiger partial charge in [0.25, 0.3) is 11.5 Å². The van der Waals surface area contributed by atoms with Gasteiger partial charge in [-0.2, -0.15) is 26.3 Å². The van der Waals surface area contributed by atoms with Crippen molar-refractivity contribution >= 4 is 16.8 Å². The number of fused-ring (bicyclic) bond motifs is 1. The highest BCUT2D eigenvalue weighted by atomic mass is 19.4. The Kier molecular flexibility index (Phi) is 8.31. The lowest BCUT2D eigenvalue weighted by molar-refractivity contribution is -0.143. The molecule has 5 aromatic rings. The number of hydrogen-bond donors (Lipinski definition) is 0. The predicted molar refractivity (Wildman–Crippen MR) is 158 cm³/mol. The summed E-state index contributed by atoms with van der Waals surface area (Å²) in [6.07, 6.45) is -10.3. The highest BCUT2D eigenvalue weighted by Crippen LogP contribution is 2.37. The second-order valence-corrected chi connectivity index (χ2v) is 10.8. The zero-order valence-corrected chi connectivity index (χ0v) is 24.4. The third-order valence-corrected chi connectivity index (χ3v) is 7.68. The van der Waals surface area contributed by atoms with Crippen molar-refractivity contribution in [2.75, 3.05) is 0 Å². The number of aromatic nitrogens is 2. The first-order valence-corrected chi connectivity index (χ1v) is 13.9. The minimum absolute atomic E-state index is 0.0238. The van der Waals surface area contributed by atoms with Crippen LogP contribution < -0.4 is 5.56 Å². The number of para-hydroxylation sites is 1. The van der Waals surface area contributed by atoms with Crippen molar-refractivity contribution < 1.29 is 31.1 Å². The Balaban J connectivity index is 1.74. The lowest BCUT2D eigenvalue weighted by Crippen LogP contribution is -2.37. The van der Waals surface area contributed by atoms with Crippen LogP contribution in [0.2, 0.25) is 0 Å². The largest absolute Gasteiger partial charge is 0.416 e. The summed E-state index contributed by atoms with van der Waals surface area (Å²) in [5.74, 6) is -1.02. The zero-order chi connectivity index (χ0) is 32.7. The number of carbonyl (C=O) groups excluding carboxylic acids is 1. The monoisotopic (exact) mass is 623 g/mol. The van der Waals surface area contributed by atoms with Crippen LogP contribution in [0, 0.1) is 13.8 Å². The summed E-state index contributed by atoms with van der Waals surface area (Å²) in [6, 6.07) is 20.0. The molecule has 1 unspecified atom stereocenters. The molecule has 4 aromatic carbocycles. The van der Waals surface area contributed by atoms with E-state index in [1.54, 1.807) is 66.7 Å². The van der Waals surface area contributed by atoms with Gasteiger partial charge in [0.05, 0.1) is 33.8 Å². The summed E-state index contributed by atoms with van der Waals surface area (Å²) in [5.41, 5.74) is -1.33. The van der Waals surface area contributed by atoms with Gasteiger partial charge in [-0.15, -0.1) is 0 Å². The van der Waals surface area contributed by atoms with Crippen molar-refractivity contribution in [1.82, 2.24) is 14.5 Å². The molecular formula is C34H27F6N3O2. The van der Waals surface area contributed by atoms with Gasteiger partial charge in [0, 0.05) is 12.1 Å². The Hall–Kier alpha value is -4.93. The molecule has 0 spiro atoms. The van der Waals surface area contributed by atoms with Crippen molar-refractivity contribution in [3.8, 4) is 5.69 Å². The summed E-state index contributed by atoms with van der Waals surface area (Å²) in [7, 11) is 0. The van der Waals surface area contributed by atoms with E-state index in [4.69, 9.17) is 4.98 Å². The number of alkyl halides is 6. The molecule has 0 radical (unpaired) electrons. The van der Waals surface area contributed by atoms with E-state index in [9.17, 15) is 35.9 Å². The molecule has 1 heterocycles. The van der Waals surface area contributed by atoms with Crippen LogP contribution in [0.1, 0.15) is 57.0 Å². The second-order valence-electron chi connectivity index (χ2n) is 10.8. The molecule has 1 atom stereocenters. The smallest absolute Gasteiger partial charge is 0.324 e. The van der Waals surface area contributed by atoms with Gasteiger partial charge in [0.15, 0.2) is 0 Å². The number of aryl methyl sites for hydroxylation is 2. The van der Waals surface area contributed by atoms with Crippen LogP contribution in [-0.4, -0.2) is 20.4 Å². The van der Waals surface area contributed by atoms with E-state index < -0.39 is 46.6 Å². The summed E-state index contributed by atoms with van der Waals surface area (Å²) >= 11 is 0. The molecule has 0 aliphatic heterocycles. The lowest BCUT2D eigenvalue weighted by atomic mass is 10.0. The van der Waals surface area contributed by atoms with Crippen molar-refractivity contribution in [3.63, 3.8) is 0 Å². The fourth-order valence-electron chi connectivity index (χ4n) is 5.09. The number of halogens is 6. The molecule has 5 rings (SSSR count). The van der Waals surface area contributed by atoms with Crippen LogP contribution >= 0.6 is 0 Å². The van der Waals surface area contributed by atoms with Gasteiger partial charge in [0.1, 0.15) is 5.82 Å². The zero-order valence-electron chi connectivity index (χ0n) is 24.4. The van der Waals surface area contributed by atoms with Crippen LogP contribution in [-0.2, 0) is 18.9 Å². The average Bonchev–Trinajstić information content (AvgIpc) is 3.00. The summed E-state index contributed by atoms with van der Waals surface area (Å²) in [4.78, 5) is 33.9. The fourth-order valence-corrected chi connectivity index (χ4v) is 5.09. The molecule has 0 bridgehead atoms. The van der Waals surface area contributed by atoms with Gasteiger partial charge in [0.2, 0.25) is 0 Å². The Morgan fingerprint density at radius 1 is 0.800 bits per heavy atom. The molecule has 0 aliphatic carbocycles. The van der Waals surface area contributed by atoms with Gasteiger partial charge in [-0.3, -0.25) is 14.2 Å². The van der Waals surface area contributed by atoms with E-state index in [1.165, 1.54) is 11.5 Å². The summed E-state index contributed by atoms with van der Waals surface area (Å²) in [5, 5.41) is 0.292. The maximum Gasteiger partial charge on any atom is 0.416 e. The van der Waals surface area contributed by atoms with E-state index in [0.29, 0.717) is 34.3 Å². The topological polar surface area (TPSA) is 55.2 Å². The van der Waals surface area contributed by atoms with Crippen LogP contribution in [0.5, 0.6) is 0 Å². The molecule has 45 heavy (non-hydrogen) atoms. The SMILES string of the molecule is Cc1ccc(-n2c(C(C)N(Cc3ccccc3)C(=O)c3cc(C(F)(F)F)cc(C(F)(F)F)c3)nc3ccccc3c2=O)cc1C. The third kappa shape index (κ3) is 6.47. The van der Waals surface area contributed by atoms with E-state index in [1.807, 2.05) is 19.9 Å². The lowest BCUT2D eigenvalue weighted by Gasteiger charge is -2.31. The summed E-state index contributed by atoms with van der Waals surface area (Å²) < 4.78 is 83.7. The molecule has 5 nitrogen and oxygen atoms in total. The first-order chi connectivity index (χ1) is 21.1. The van der Waals surface area contributed by atoms with Gasteiger partial charge in [-0.1, -0.05) is 48.5 Å². The van der Waals surface area contributed by atoms with E-state index in [0.717, 1.165) is 16.0 Å². The average molecular weight is 624 g/mol. The van der Waals surface area contributed by atoms with Crippen molar-refractivity contribution in [2.45, 2.75) is 45.7 Å². The molecule has 0 saturated carbocycles. The molecular weight excluding hydrogens is 596 g/mol. The fraction of sp³-hybridized carbons (Fsp3) is 0.206. The Labute approximate surface area is 254 Å². The van der Waals surface area contributed by atoms with Gasteiger partial charge in [-0.25, -0.2) is 4.98 Å². The quantitative estimate of drug-likeness (QED) is 0.179. The van der Waals surface area contributed by atoms with Crippen LogP contribution in [0.4, 0.5) is 26.3 Å². The maximum atomic E-state index is 14.1. The molecule has 232 valence electrons. The number of benzene rings is 4. The van der Waals surface area contributed by atoms with E-state index in [-0.39, 0.29) is 18.4 Å².